The van der Waals surface area contributed by atoms with Crippen molar-refractivity contribution in [1.29, 1.82) is 0 Å². The molecule has 0 atom stereocenters. The predicted octanol–water partition coefficient (Wildman–Crippen LogP) is 4.40. The van der Waals surface area contributed by atoms with Crippen LogP contribution in [-0.4, -0.2) is 15.9 Å². The van der Waals surface area contributed by atoms with Gasteiger partial charge in [0.25, 0.3) is 0 Å². The number of esters is 1. The first-order valence-corrected chi connectivity index (χ1v) is 9.26. The van der Waals surface area contributed by atoms with Gasteiger partial charge in [0.15, 0.2) is 0 Å². The zero-order valence-electron chi connectivity index (χ0n) is 12.2. The lowest BCUT2D eigenvalue weighted by Gasteiger charge is -2.18. The van der Waals surface area contributed by atoms with Gasteiger partial charge in [0.05, 0.1) is 10.7 Å². The molecule has 0 saturated heterocycles. The van der Waals surface area contributed by atoms with Crippen molar-refractivity contribution in [3.05, 3.63) is 38.7 Å². The first-order chi connectivity index (χ1) is 10.8. The Hall–Kier alpha value is -1.53. The van der Waals surface area contributed by atoms with Crippen molar-refractivity contribution in [3.63, 3.8) is 0 Å². The highest BCUT2D eigenvalue weighted by Gasteiger charge is 2.18. The number of carbonyl (C=O) groups excluding carboxylic acids is 1. The molecule has 6 heteroatoms. The standard InChI is InChI=1S/C16H18N2O2S2/c19-15(7-6-14-17-8-9-21-14)20-10-13-11-22-16(18-13)12-4-2-1-3-5-12/h6-9,11-12H,1-5,10H2. The van der Waals surface area contributed by atoms with Gasteiger partial charge >= 0.3 is 5.97 Å². The normalized spacial score (nSPS) is 16.2. The fraction of sp³-hybridized carbons (Fsp3) is 0.438. The van der Waals surface area contributed by atoms with Crippen LogP contribution in [0, 0.1) is 0 Å². The third-order valence-electron chi connectivity index (χ3n) is 3.70. The Morgan fingerprint density at radius 2 is 2.18 bits per heavy atom. The van der Waals surface area contributed by atoms with E-state index in [2.05, 4.69) is 9.97 Å². The van der Waals surface area contributed by atoms with Gasteiger partial charge in [-0.05, 0) is 18.9 Å². The minimum Gasteiger partial charge on any atom is -0.456 e. The number of thiazole rings is 2. The molecule has 1 aliphatic rings. The Labute approximate surface area is 137 Å². The molecule has 1 aliphatic carbocycles. The van der Waals surface area contributed by atoms with Crippen molar-refractivity contribution in [2.75, 3.05) is 0 Å². The van der Waals surface area contributed by atoms with Crippen LogP contribution in [0.1, 0.15) is 53.7 Å². The van der Waals surface area contributed by atoms with Gasteiger partial charge in [-0.15, -0.1) is 22.7 Å². The summed E-state index contributed by atoms with van der Waals surface area (Å²) in [5.74, 6) is 0.246. The number of nitrogens with zero attached hydrogens (tertiary/aromatic N) is 2. The van der Waals surface area contributed by atoms with E-state index in [9.17, 15) is 4.79 Å². The van der Waals surface area contributed by atoms with Gasteiger partial charge in [-0.1, -0.05) is 19.3 Å². The first kappa shape index (κ1) is 15.4. The molecule has 1 fully saturated rings. The molecule has 4 nitrogen and oxygen atoms in total. The second-order valence-electron chi connectivity index (χ2n) is 5.32. The molecule has 3 rings (SSSR count). The van der Waals surface area contributed by atoms with Crippen LogP contribution < -0.4 is 0 Å². The van der Waals surface area contributed by atoms with Crippen LogP contribution in [0.3, 0.4) is 0 Å². The maximum atomic E-state index is 11.7. The largest absolute Gasteiger partial charge is 0.456 e. The van der Waals surface area contributed by atoms with Crippen molar-refractivity contribution in [3.8, 4) is 0 Å². The average molecular weight is 334 g/mol. The smallest absolute Gasteiger partial charge is 0.331 e. The highest BCUT2D eigenvalue weighted by atomic mass is 32.1. The lowest BCUT2D eigenvalue weighted by Crippen LogP contribution is -2.05. The minimum atomic E-state index is -0.359. The summed E-state index contributed by atoms with van der Waals surface area (Å²) >= 11 is 3.17. The molecule has 2 aromatic rings. The van der Waals surface area contributed by atoms with Crippen LogP contribution >= 0.6 is 22.7 Å². The van der Waals surface area contributed by atoms with Gasteiger partial charge in [0.1, 0.15) is 11.6 Å². The zero-order valence-corrected chi connectivity index (χ0v) is 13.9. The molecule has 0 amide bonds. The number of carbonyl (C=O) groups is 1. The molecule has 0 unspecified atom stereocenters. The quantitative estimate of drug-likeness (QED) is 0.600. The van der Waals surface area contributed by atoms with Crippen LogP contribution in [-0.2, 0) is 16.1 Å². The molecule has 1 saturated carbocycles. The minimum absolute atomic E-state index is 0.240. The van der Waals surface area contributed by atoms with E-state index in [0.29, 0.717) is 5.92 Å². The van der Waals surface area contributed by atoms with E-state index in [4.69, 9.17) is 4.74 Å². The van der Waals surface area contributed by atoms with E-state index in [1.807, 2.05) is 10.8 Å². The van der Waals surface area contributed by atoms with E-state index in [0.717, 1.165) is 10.7 Å². The van der Waals surface area contributed by atoms with Crippen LogP contribution in [0.5, 0.6) is 0 Å². The van der Waals surface area contributed by atoms with Crippen LogP contribution in [0.2, 0.25) is 0 Å². The molecule has 0 radical (unpaired) electrons. The van der Waals surface area contributed by atoms with Crippen molar-refractivity contribution in [1.82, 2.24) is 9.97 Å². The molecule has 0 aliphatic heterocycles. The second kappa shape index (κ2) is 7.65. The van der Waals surface area contributed by atoms with E-state index in [1.165, 1.54) is 54.5 Å². The summed E-state index contributed by atoms with van der Waals surface area (Å²) in [6.07, 6.45) is 11.2. The lowest BCUT2D eigenvalue weighted by molar-refractivity contribution is -0.139. The molecule has 22 heavy (non-hydrogen) atoms. The van der Waals surface area contributed by atoms with Crippen molar-refractivity contribution in [2.24, 2.45) is 0 Å². The Balaban J connectivity index is 1.49. The summed E-state index contributed by atoms with van der Waals surface area (Å²) in [6.45, 7) is 0.240. The number of aromatic nitrogens is 2. The molecular formula is C16H18N2O2S2. The van der Waals surface area contributed by atoms with Gasteiger partial charge in [-0.2, -0.15) is 0 Å². The monoisotopic (exact) mass is 334 g/mol. The third-order valence-corrected chi connectivity index (χ3v) is 5.50. The predicted molar refractivity (Wildman–Crippen MR) is 88.9 cm³/mol. The highest BCUT2D eigenvalue weighted by Crippen LogP contribution is 2.34. The molecule has 2 aromatic heterocycles. The molecule has 2 heterocycles. The number of rotatable bonds is 5. The summed E-state index contributed by atoms with van der Waals surface area (Å²) in [5.41, 5.74) is 0.849. The summed E-state index contributed by atoms with van der Waals surface area (Å²) < 4.78 is 5.22. The van der Waals surface area contributed by atoms with Crippen molar-refractivity contribution >= 4 is 34.7 Å². The molecule has 0 N–H and O–H groups in total. The Bertz CT molecular complexity index is 628. The Kier molecular flexibility index (Phi) is 5.34. The van der Waals surface area contributed by atoms with Crippen molar-refractivity contribution < 1.29 is 9.53 Å². The first-order valence-electron chi connectivity index (χ1n) is 7.50. The number of ether oxygens (including phenoxy) is 1. The van der Waals surface area contributed by atoms with Crippen LogP contribution in [0.25, 0.3) is 6.08 Å². The topological polar surface area (TPSA) is 52.1 Å². The van der Waals surface area contributed by atoms with Crippen molar-refractivity contribution in [2.45, 2.75) is 44.6 Å². The van der Waals surface area contributed by atoms with Gasteiger partial charge in [0.2, 0.25) is 0 Å². The lowest BCUT2D eigenvalue weighted by atomic mass is 9.90. The van der Waals surface area contributed by atoms with Crippen LogP contribution in [0.4, 0.5) is 0 Å². The Morgan fingerprint density at radius 1 is 1.32 bits per heavy atom. The second-order valence-corrected chi connectivity index (χ2v) is 7.14. The summed E-state index contributed by atoms with van der Waals surface area (Å²) in [6, 6.07) is 0. The van der Waals surface area contributed by atoms with Gasteiger partial charge < -0.3 is 4.74 Å². The third kappa shape index (κ3) is 4.24. The van der Waals surface area contributed by atoms with Gasteiger partial charge in [0, 0.05) is 29.0 Å². The molecule has 0 spiro atoms. The molecule has 0 aromatic carbocycles. The highest BCUT2D eigenvalue weighted by molar-refractivity contribution is 7.10. The number of hydrogen-bond acceptors (Lipinski definition) is 6. The maximum Gasteiger partial charge on any atom is 0.331 e. The van der Waals surface area contributed by atoms with E-state index in [1.54, 1.807) is 23.6 Å². The fourth-order valence-electron chi connectivity index (χ4n) is 2.58. The maximum absolute atomic E-state index is 11.7. The molecule has 116 valence electrons. The van der Waals surface area contributed by atoms with E-state index >= 15 is 0 Å². The molecule has 0 bridgehead atoms. The van der Waals surface area contributed by atoms with Gasteiger partial charge in [-0.25, -0.2) is 14.8 Å². The summed E-state index contributed by atoms with van der Waals surface area (Å²) in [7, 11) is 0. The van der Waals surface area contributed by atoms with E-state index in [-0.39, 0.29) is 12.6 Å². The summed E-state index contributed by atoms with van der Waals surface area (Å²) in [5, 5.41) is 5.86. The average Bonchev–Trinajstić information content (AvgIpc) is 3.23. The Morgan fingerprint density at radius 3 is 2.95 bits per heavy atom. The van der Waals surface area contributed by atoms with Crippen LogP contribution in [0.15, 0.2) is 23.0 Å². The zero-order chi connectivity index (χ0) is 15.2. The fourth-order valence-corrected chi connectivity index (χ4v) is 4.08. The summed E-state index contributed by atoms with van der Waals surface area (Å²) in [4.78, 5) is 20.4. The van der Waals surface area contributed by atoms with Gasteiger partial charge in [-0.3, -0.25) is 0 Å². The number of hydrogen-bond donors (Lipinski definition) is 0. The molecular weight excluding hydrogens is 316 g/mol. The SMILES string of the molecule is O=C(C=Cc1nccs1)OCc1csc(C2CCCCC2)n1. The van der Waals surface area contributed by atoms with E-state index < -0.39 is 0 Å².